The molecule has 20 rings (SSSR count). The van der Waals surface area contributed by atoms with Crippen LogP contribution >= 0.6 is 0 Å². The predicted octanol–water partition coefficient (Wildman–Crippen LogP) is 13.9. The van der Waals surface area contributed by atoms with E-state index >= 15 is 0 Å². The lowest BCUT2D eigenvalue weighted by atomic mass is 10.0. The highest BCUT2D eigenvalue weighted by Gasteiger charge is 2.21. The van der Waals surface area contributed by atoms with Gasteiger partial charge in [-0.2, -0.15) is 0 Å². The number of nitrogens with one attached hydrogen (secondary N) is 10. The van der Waals surface area contributed by atoms with Crippen LogP contribution in [0.4, 0.5) is 0 Å². The Hall–Kier alpha value is -17.4. The monoisotopic (exact) mass is 1670 g/mol. The second-order valence-electron chi connectivity index (χ2n) is 26.9. The van der Waals surface area contributed by atoms with Crippen LogP contribution in [0.15, 0.2) is 269 Å². The van der Waals surface area contributed by atoms with Crippen LogP contribution in [0.2, 0.25) is 0 Å². The Balaban J connectivity index is 0.000000115. The lowest BCUT2D eigenvalue weighted by Gasteiger charge is -2.12. The Morgan fingerprint density at radius 1 is 0.256 bits per heavy atom. The van der Waals surface area contributed by atoms with Crippen molar-refractivity contribution in [1.82, 2.24) is 125 Å². The van der Waals surface area contributed by atoms with Crippen LogP contribution in [0.3, 0.4) is 0 Å². The molecule has 0 aliphatic carbocycles. The SMILES string of the molecule is CCOc1cc(-c2ccccc2)ccc1-c1nc2nc[nH]c2c(=O)[nH]1.CCOc1cc(-c2ccccn2)ccc1-c1nc2nc[nH]c2c(=O)[nH]1.CCOc1cc(-c2cccnc2)ccc1-c1nc2nc[nH]c2c(=O)[nH]1.CCOc1cc(-c2ccncc2)ccc1-c1nc2nc[nH]c2c(=O)[nH]1.CCOc1cc(-c2ncccn2)ccc1-c1nc2nc[nH]c2c(=O)[nH]1. The molecule has 0 atom stereocenters. The number of hydrogen-bond acceptors (Lipinski definition) is 25. The van der Waals surface area contributed by atoms with Gasteiger partial charge in [0, 0.05) is 60.1 Å². The molecule has 0 unspecified atom stereocenters. The zero-order valence-electron chi connectivity index (χ0n) is 67.4. The molecule has 14 heterocycles. The zero-order valence-corrected chi connectivity index (χ0v) is 67.4. The summed E-state index contributed by atoms with van der Waals surface area (Å²) in [5.41, 5.74) is 14.5. The summed E-state index contributed by atoms with van der Waals surface area (Å²) in [6.07, 6.45) is 19.4. The topological polar surface area (TPSA) is 483 Å². The molecule has 0 saturated heterocycles. The molecular weight excluding hydrogens is 1590 g/mol. The average Bonchev–Trinajstić information content (AvgIpc) is 1.78. The van der Waals surface area contributed by atoms with Crippen molar-refractivity contribution >= 4 is 55.8 Å². The molecule has 20 aromatic rings. The van der Waals surface area contributed by atoms with Gasteiger partial charge in [0.25, 0.3) is 27.8 Å². The lowest BCUT2D eigenvalue weighted by molar-refractivity contribution is 0.341. The molecule has 35 nitrogen and oxygen atoms in total. The van der Waals surface area contributed by atoms with E-state index in [0.717, 1.165) is 55.8 Å². The molecule has 0 fully saturated rings. The molecule has 6 aromatic carbocycles. The summed E-state index contributed by atoms with van der Waals surface area (Å²) in [4.78, 5) is 152. The Bertz CT molecular complexity index is 6460. The van der Waals surface area contributed by atoms with Gasteiger partial charge in [0.15, 0.2) is 61.6 Å². The van der Waals surface area contributed by atoms with Crippen LogP contribution in [0.5, 0.6) is 28.7 Å². The molecule has 14 aromatic heterocycles. The van der Waals surface area contributed by atoms with E-state index in [1.54, 1.807) is 49.4 Å². The van der Waals surface area contributed by atoms with Crippen molar-refractivity contribution in [3.63, 3.8) is 0 Å². The Kier molecular flexibility index (Phi) is 24.5. The van der Waals surface area contributed by atoms with E-state index in [9.17, 15) is 24.0 Å². The highest BCUT2D eigenvalue weighted by atomic mass is 16.5. The number of aromatic nitrogens is 25. The van der Waals surface area contributed by atoms with Crippen molar-refractivity contribution in [2.75, 3.05) is 33.0 Å². The van der Waals surface area contributed by atoms with Crippen molar-refractivity contribution in [3.05, 3.63) is 297 Å². The molecule has 0 saturated carbocycles. The summed E-state index contributed by atoms with van der Waals surface area (Å²) >= 11 is 0. The largest absolute Gasteiger partial charge is 0.493 e. The summed E-state index contributed by atoms with van der Waals surface area (Å²) < 4.78 is 28.9. The van der Waals surface area contributed by atoms with E-state index in [2.05, 4.69) is 125 Å². The first-order valence-electron chi connectivity index (χ1n) is 39.4. The smallest absolute Gasteiger partial charge is 0.277 e. The first-order chi connectivity index (χ1) is 61.3. The van der Waals surface area contributed by atoms with Gasteiger partial charge in [0.1, 0.15) is 57.9 Å². The minimum atomic E-state index is -0.282. The number of rotatable bonds is 20. The third-order valence-electron chi connectivity index (χ3n) is 19.1. The van der Waals surface area contributed by atoms with Crippen molar-refractivity contribution in [2.24, 2.45) is 0 Å². The number of fused-ring (bicyclic) bond motifs is 5. The summed E-state index contributed by atoms with van der Waals surface area (Å²) in [6.45, 7) is 12.0. The van der Waals surface area contributed by atoms with Gasteiger partial charge in [-0.1, -0.05) is 72.8 Å². The van der Waals surface area contributed by atoms with Gasteiger partial charge in [-0.3, -0.25) is 38.9 Å². The summed E-state index contributed by atoms with van der Waals surface area (Å²) in [6, 6.07) is 53.9. The van der Waals surface area contributed by atoms with E-state index in [0.29, 0.717) is 175 Å². The van der Waals surface area contributed by atoms with Gasteiger partial charge in [-0.25, -0.2) is 59.8 Å². The van der Waals surface area contributed by atoms with Gasteiger partial charge < -0.3 is 73.5 Å². The first-order valence-corrected chi connectivity index (χ1v) is 39.4. The zero-order chi connectivity index (χ0) is 86.1. The maximum absolute atomic E-state index is 12.2. The molecule has 620 valence electrons. The van der Waals surface area contributed by atoms with Crippen LogP contribution in [0.1, 0.15) is 34.6 Å². The Labute approximate surface area is 706 Å². The average molecular weight is 1670 g/mol. The van der Waals surface area contributed by atoms with Gasteiger partial charge in [-0.05, 0) is 159 Å². The van der Waals surface area contributed by atoms with Crippen LogP contribution in [-0.2, 0) is 0 Å². The highest BCUT2D eigenvalue weighted by molar-refractivity contribution is 5.82. The molecule has 0 amide bonds. The molecule has 0 aliphatic heterocycles. The standard InChI is InChI=1S/C19H16N4O2.3C18H15N5O2.C17H14N6O2/c1-2-25-15-10-13(12-6-4-3-5-7-12)8-9-14(15)17-22-18-16(19(24)23-17)20-11-21-18;1-2-25-14-9-12(11-5-7-19-8-6-11)3-4-13(14)16-22-17-15(18(24)23-16)20-10-21-17;1-2-25-14-8-11(12-4-3-7-19-9-12)5-6-13(14)16-22-17-15(18(24)23-16)20-10-21-17;1-2-25-14-9-11(13-5-3-4-8-19-13)6-7-12(14)16-22-17-15(18(24)23-16)20-10-21-17;1-2-25-12-8-10(14-18-6-3-7-19-14)4-5-11(12)15-22-16-13(17(24)23-15)20-9-21-16/h3-11H,2H2,1H3,(H2,20,21,22,23,24);3*3-10H,2H2,1H3,(H2,20,21,22,23,24);3-9H,2H2,1H3,(H2,20,21,22,23,24). The number of benzene rings is 6. The maximum Gasteiger partial charge on any atom is 0.277 e. The number of imidazole rings is 5. The third-order valence-corrected chi connectivity index (χ3v) is 19.1. The van der Waals surface area contributed by atoms with Gasteiger partial charge >= 0.3 is 0 Å². The van der Waals surface area contributed by atoms with Gasteiger partial charge in [0.05, 0.1) is 98.2 Å². The van der Waals surface area contributed by atoms with Gasteiger partial charge in [-0.15, -0.1) is 0 Å². The van der Waals surface area contributed by atoms with E-state index in [4.69, 9.17) is 23.7 Å². The Morgan fingerprint density at radius 2 is 0.568 bits per heavy atom. The molecule has 0 spiro atoms. The van der Waals surface area contributed by atoms with E-state index < -0.39 is 0 Å². The number of nitrogens with zero attached hydrogens (tertiary/aromatic N) is 15. The number of aromatic amines is 10. The number of ether oxygens (including phenoxy) is 5. The van der Waals surface area contributed by atoms with E-state index in [1.165, 1.54) is 31.6 Å². The normalized spacial score (nSPS) is 10.9. The van der Waals surface area contributed by atoms with Crippen LogP contribution in [0.25, 0.3) is 169 Å². The van der Waals surface area contributed by atoms with E-state index in [1.807, 2.05) is 198 Å². The van der Waals surface area contributed by atoms with E-state index in [-0.39, 0.29) is 27.8 Å². The minimum Gasteiger partial charge on any atom is -0.493 e. The van der Waals surface area contributed by atoms with Crippen LogP contribution in [-0.4, -0.2) is 158 Å². The fraction of sp³-hybridized carbons (Fsp3) is 0.111. The quantitative estimate of drug-likeness (QED) is 0.0339. The molecule has 0 aliphatic rings. The molecule has 125 heavy (non-hydrogen) atoms. The molecule has 0 bridgehead atoms. The minimum absolute atomic E-state index is 0.257. The summed E-state index contributed by atoms with van der Waals surface area (Å²) in [5, 5.41) is 0. The second kappa shape index (κ2) is 37.7. The van der Waals surface area contributed by atoms with Gasteiger partial charge in [0.2, 0.25) is 0 Å². The van der Waals surface area contributed by atoms with Crippen molar-refractivity contribution in [2.45, 2.75) is 34.6 Å². The third kappa shape index (κ3) is 18.3. The fourth-order valence-electron chi connectivity index (χ4n) is 13.3. The van der Waals surface area contributed by atoms with Crippen LogP contribution in [0, 0.1) is 0 Å². The summed E-state index contributed by atoms with van der Waals surface area (Å²) in [5.74, 6) is 5.87. The van der Waals surface area contributed by atoms with Crippen molar-refractivity contribution in [1.29, 1.82) is 0 Å². The second-order valence-corrected chi connectivity index (χ2v) is 26.9. The summed E-state index contributed by atoms with van der Waals surface area (Å²) in [7, 11) is 0. The number of hydrogen-bond donors (Lipinski definition) is 10. The maximum atomic E-state index is 12.2. The fourth-order valence-corrected chi connectivity index (χ4v) is 13.3. The molecule has 10 N–H and O–H groups in total. The lowest BCUT2D eigenvalue weighted by Crippen LogP contribution is -2.10. The molecule has 0 radical (unpaired) electrons. The Morgan fingerprint density at radius 3 is 0.912 bits per heavy atom. The molecule has 35 heteroatoms. The number of pyridine rings is 3. The number of H-pyrrole nitrogens is 10. The predicted molar refractivity (Wildman–Crippen MR) is 472 cm³/mol. The first kappa shape index (κ1) is 81.3. The van der Waals surface area contributed by atoms with Crippen LogP contribution < -0.4 is 51.5 Å². The molecular formula is C90H75N25O10. The van der Waals surface area contributed by atoms with Crippen molar-refractivity contribution < 1.29 is 23.7 Å². The highest BCUT2D eigenvalue weighted by Crippen LogP contribution is 2.38. The van der Waals surface area contributed by atoms with Crippen molar-refractivity contribution in [3.8, 4) is 142 Å².